The van der Waals surface area contributed by atoms with E-state index in [0.717, 1.165) is 4.88 Å². The summed E-state index contributed by atoms with van der Waals surface area (Å²) in [5.74, 6) is 0. The van der Waals surface area contributed by atoms with E-state index in [2.05, 4.69) is 21.0 Å². The largest absolute Gasteiger partial charge is 0.435 e. The maximum Gasteiger partial charge on any atom is 0.435 e. The second-order valence-electron chi connectivity index (χ2n) is 3.04. The summed E-state index contributed by atoms with van der Waals surface area (Å²) in [4.78, 5) is 1.42. The lowest BCUT2D eigenvalue weighted by Gasteiger charge is -2.00. The minimum Gasteiger partial charge on any atom is -0.257 e. The molecule has 2 aromatic rings. The molecule has 0 bridgehead atoms. The van der Waals surface area contributed by atoms with Crippen molar-refractivity contribution >= 4 is 37.5 Å². The highest BCUT2D eigenvalue weighted by Gasteiger charge is 2.37. The van der Waals surface area contributed by atoms with Gasteiger partial charge in [-0.05, 0) is 6.07 Å². The van der Waals surface area contributed by atoms with E-state index in [4.69, 9.17) is 0 Å². The van der Waals surface area contributed by atoms with Gasteiger partial charge in [-0.1, -0.05) is 15.9 Å². The number of hydrogen-bond donors (Lipinski definition) is 0. The molecule has 15 heavy (non-hydrogen) atoms. The maximum absolute atomic E-state index is 12.6. The zero-order valence-corrected chi connectivity index (χ0v) is 10.0. The van der Waals surface area contributed by atoms with E-state index in [9.17, 15) is 13.2 Å². The zero-order chi connectivity index (χ0) is 11.2. The summed E-state index contributed by atoms with van der Waals surface area (Å²) in [5, 5.41) is 4.23. The van der Waals surface area contributed by atoms with Crippen molar-refractivity contribution in [2.75, 3.05) is 0 Å². The molecule has 0 radical (unpaired) electrons. The van der Waals surface area contributed by atoms with Gasteiger partial charge in [0.05, 0.1) is 0 Å². The lowest BCUT2D eigenvalue weighted by Crippen LogP contribution is -2.07. The van der Waals surface area contributed by atoms with E-state index in [0.29, 0.717) is 10.2 Å². The molecule has 0 spiro atoms. The van der Waals surface area contributed by atoms with Crippen LogP contribution in [0.2, 0.25) is 0 Å². The van der Waals surface area contributed by atoms with Crippen LogP contribution in [-0.4, -0.2) is 9.78 Å². The van der Waals surface area contributed by atoms with Gasteiger partial charge in [0.15, 0.2) is 5.69 Å². The standard InChI is InChI=1S/C8H6BrF3N2S/c1-14-7-5(2-4(3-9)15-7)6(13-14)8(10,11)12/h2H,3H2,1H3. The first-order valence-electron chi connectivity index (χ1n) is 4.02. The normalized spacial score (nSPS) is 12.6. The van der Waals surface area contributed by atoms with E-state index in [-0.39, 0.29) is 5.39 Å². The summed E-state index contributed by atoms with van der Waals surface area (Å²) < 4.78 is 39.0. The molecule has 0 aliphatic carbocycles. The second kappa shape index (κ2) is 3.48. The average Bonchev–Trinajstić information content (AvgIpc) is 2.65. The van der Waals surface area contributed by atoms with Crippen LogP contribution in [-0.2, 0) is 18.6 Å². The Bertz CT molecular complexity index is 500. The third-order valence-corrected chi connectivity index (χ3v) is 4.14. The number of hydrogen-bond acceptors (Lipinski definition) is 2. The number of halogens is 4. The molecular weight excluding hydrogens is 293 g/mol. The van der Waals surface area contributed by atoms with Crippen LogP contribution in [0.3, 0.4) is 0 Å². The molecule has 0 fully saturated rings. The molecule has 2 nitrogen and oxygen atoms in total. The summed E-state index contributed by atoms with van der Waals surface area (Å²) in [7, 11) is 1.52. The van der Waals surface area contributed by atoms with Gasteiger partial charge in [0.2, 0.25) is 0 Å². The van der Waals surface area contributed by atoms with E-state index >= 15 is 0 Å². The third-order valence-electron chi connectivity index (χ3n) is 1.96. The predicted molar refractivity (Wildman–Crippen MR) is 56.2 cm³/mol. The van der Waals surface area contributed by atoms with Crippen molar-refractivity contribution in [3.63, 3.8) is 0 Å². The van der Waals surface area contributed by atoms with Gasteiger partial charge in [-0.2, -0.15) is 18.3 Å². The molecule has 0 N–H and O–H groups in total. The summed E-state index contributed by atoms with van der Waals surface area (Å²) in [6.07, 6.45) is -4.38. The van der Waals surface area contributed by atoms with Crippen molar-refractivity contribution in [3.05, 3.63) is 16.6 Å². The molecule has 2 rings (SSSR count). The van der Waals surface area contributed by atoms with Crippen LogP contribution in [0.4, 0.5) is 13.2 Å². The Morgan fingerprint density at radius 3 is 2.73 bits per heavy atom. The molecule has 0 unspecified atom stereocenters. The van der Waals surface area contributed by atoms with Crippen LogP contribution >= 0.6 is 27.3 Å². The predicted octanol–water partition coefficient (Wildman–Crippen LogP) is 3.55. The number of nitrogens with zero attached hydrogens (tertiary/aromatic N) is 2. The molecule has 0 aromatic carbocycles. The van der Waals surface area contributed by atoms with Crippen molar-refractivity contribution in [1.82, 2.24) is 9.78 Å². The van der Waals surface area contributed by atoms with Crippen molar-refractivity contribution in [3.8, 4) is 0 Å². The lowest BCUT2D eigenvalue weighted by molar-refractivity contribution is -0.140. The van der Waals surface area contributed by atoms with Gasteiger partial charge in [0, 0.05) is 22.6 Å². The minimum atomic E-state index is -4.38. The fraction of sp³-hybridized carbons (Fsp3) is 0.375. The average molecular weight is 299 g/mol. The fourth-order valence-electron chi connectivity index (χ4n) is 1.37. The molecular formula is C8H6BrF3N2S. The molecule has 7 heteroatoms. The van der Waals surface area contributed by atoms with Crippen molar-refractivity contribution < 1.29 is 13.2 Å². The van der Waals surface area contributed by atoms with Gasteiger partial charge in [-0.3, -0.25) is 4.68 Å². The number of thiophene rings is 1. The number of aryl methyl sites for hydroxylation is 1. The molecule has 0 atom stereocenters. The lowest BCUT2D eigenvalue weighted by atomic mass is 10.3. The number of rotatable bonds is 1. The molecule has 0 saturated heterocycles. The maximum atomic E-state index is 12.6. The van der Waals surface area contributed by atoms with Crippen molar-refractivity contribution in [1.29, 1.82) is 0 Å². The van der Waals surface area contributed by atoms with Crippen molar-refractivity contribution in [2.45, 2.75) is 11.5 Å². The highest BCUT2D eigenvalue weighted by Crippen LogP contribution is 2.37. The summed E-state index contributed by atoms with van der Waals surface area (Å²) in [6.45, 7) is 0. The van der Waals surface area contributed by atoms with Gasteiger partial charge in [-0.15, -0.1) is 11.3 Å². The summed E-state index contributed by atoms with van der Waals surface area (Å²) in [6, 6.07) is 1.53. The van der Waals surface area contributed by atoms with Gasteiger partial charge in [-0.25, -0.2) is 0 Å². The van der Waals surface area contributed by atoms with Crippen LogP contribution in [0.25, 0.3) is 10.2 Å². The Labute approximate surface area is 95.8 Å². The minimum absolute atomic E-state index is 0.185. The third kappa shape index (κ3) is 1.78. The van der Waals surface area contributed by atoms with E-state index in [1.54, 1.807) is 0 Å². The quantitative estimate of drug-likeness (QED) is 0.736. The van der Waals surface area contributed by atoms with E-state index < -0.39 is 11.9 Å². The summed E-state index contributed by atoms with van der Waals surface area (Å²) in [5.41, 5.74) is -0.802. The molecule has 0 aliphatic rings. The van der Waals surface area contributed by atoms with Crippen LogP contribution in [0.5, 0.6) is 0 Å². The Balaban J connectivity index is 2.70. The molecule has 82 valence electrons. The Morgan fingerprint density at radius 1 is 1.53 bits per heavy atom. The first kappa shape index (κ1) is 10.9. The van der Waals surface area contributed by atoms with Crippen LogP contribution in [0.1, 0.15) is 10.6 Å². The first-order chi connectivity index (χ1) is 6.93. The number of alkyl halides is 4. The summed E-state index contributed by atoms with van der Waals surface area (Å²) >= 11 is 4.53. The Morgan fingerprint density at radius 2 is 2.20 bits per heavy atom. The SMILES string of the molecule is Cn1nc(C(F)(F)F)c2cc(CBr)sc21. The molecule has 2 aromatic heterocycles. The number of fused-ring (bicyclic) bond motifs is 1. The highest BCUT2D eigenvalue weighted by molar-refractivity contribution is 9.08. The zero-order valence-electron chi connectivity index (χ0n) is 7.60. The fourth-order valence-corrected chi connectivity index (χ4v) is 2.79. The Hall–Kier alpha value is -0.560. The molecule has 2 heterocycles. The topological polar surface area (TPSA) is 17.8 Å². The monoisotopic (exact) mass is 298 g/mol. The van der Waals surface area contributed by atoms with Crippen molar-refractivity contribution in [2.24, 2.45) is 7.05 Å². The van der Waals surface area contributed by atoms with E-state index in [1.165, 1.54) is 29.1 Å². The Kier molecular flexibility index (Phi) is 2.54. The van der Waals surface area contributed by atoms with E-state index in [1.807, 2.05) is 0 Å². The molecule has 0 amide bonds. The van der Waals surface area contributed by atoms with Gasteiger partial charge < -0.3 is 0 Å². The van der Waals surface area contributed by atoms with Gasteiger partial charge >= 0.3 is 6.18 Å². The van der Waals surface area contributed by atoms with Crippen LogP contribution in [0, 0.1) is 0 Å². The second-order valence-corrected chi connectivity index (χ2v) is 4.71. The highest BCUT2D eigenvalue weighted by atomic mass is 79.9. The van der Waals surface area contributed by atoms with Crippen LogP contribution in [0.15, 0.2) is 6.07 Å². The molecule has 0 saturated carbocycles. The van der Waals surface area contributed by atoms with Crippen LogP contribution < -0.4 is 0 Å². The van der Waals surface area contributed by atoms with Gasteiger partial charge in [0.1, 0.15) is 4.83 Å². The molecule has 0 aliphatic heterocycles. The number of aromatic nitrogens is 2. The smallest absolute Gasteiger partial charge is 0.257 e. The van der Waals surface area contributed by atoms with Gasteiger partial charge in [0.25, 0.3) is 0 Å². The first-order valence-corrected chi connectivity index (χ1v) is 5.96.